The first-order chi connectivity index (χ1) is 12.1. The molecule has 0 saturated carbocycles. The lowest BCUT2D eigenvalue weighted by molar-refractivity contribution is -0.121. The number of carbonyl (C=O) groups is 2. The van der Waals surface area contributed by atoms with Crippen LogP contribution in [0, 0.1) is 0 Å². The smallest absolute Gasteiger partial charge is 0.224 e. The Labute approximate surface area is 148 Å². The van der Waals surface area contributed by atoms with E-state index in [0.717, 1.165) is 5.56 Å². The van der Waals surface area contributed by atoms with Crippen LogP contribution in [-0.2, 0) is 16.0 Å². The molecule has 5 nitrogen and oxygen atoms in total. The molecule has 25 heavy (non-hydrogen) atoms. The molecule has 0 aromatic heterocycles. The molecule has 2 aromatic carbocycles. The Morgan fingerprint density at radius 3 is 2.40 bits per heavy atom. The number of ether oxygens (including phenoxy) is 1. The molecular formula is C20H24N2O3. The van der Waals surface area contributed by atoms with Gasteiger partial charge in [0.05, 0.1) is 12.8 Å². The summed E-state index contributed by atoms with van der Waals surface area (Å²) in [5.74, 6) is 0.517. The third-order valence-corrected chi connectivity index (χ3v) is 3.90. The fourth-order valence-corrected chi connectivity index (χ4v) is 2.60. The van der Waals surface area contributed by atoms with Gasteiger partial charge >= 0.3 is 0 Å². The number of rotatable bonds is 8. The Morgan fingerprint density at radius 1 is 1.04 bits per heavy atom. The van der Waals surface area contributed by atoms with E-state index in [9.17, 15) is 9.59 Å². The average Bonchev–Trinajstić information content (AvgIpc) is 2.64. The molecule has 132 valence electrons. The summed E-state index contributed by atoms with van der Waals surface area (Å²) >= 11 is 0. The van der Waals surface area contributed by atoms with Gasteiger partial charge in [-0.3, -0.25) is 9.59 Å². The van der Waals surface area contributed by atoms with Gasteiger partial charge < -0.3 is 15.0 Å². The van der Waals surface area contributed by atoms with Crippen LogP contribution in [0.25, 0.3) is 0 Å². The second-order valence-corrected chi connectivity index (χ2v) is 5.68. The first kappa shape index (κ1) is 18.5. The van der Waals surface area contributed by atoms with Gasteiger partial charge in [-0.1, -0.05) is 42.5 Å². The van der Waals surface area contributed by atoms with Crippen LogP contribution >= 0.6 is 0 Å². The number of methoxy groups -OCH3 is 1. The number of para-hydroxylation sites is 2. The first-order valence-electron chi connectivity index (χ1n) is 8.33. The third-order valence-electron chi connectivity index (χ3n) is 3.90. The summed E-state index contributed by atoms with van der Waals surface area (Å²) in [6, 6.07) is 17.2. The molecule has 0 saturated heterocycles. The molecule has 0 fully saturated rings. The van der Waals surface area contributed by atoms with Crippen molar-refractivity contribution in [2.24, 2.45) is 0 Å². The van der Waals surface area contributed by atoms with Gasteiger partial charge in [0.25, 0.3) is 0 Å². The van der Waals surface area contributed by atoms with E-state index in [0.29, 0.717) is 37.4 Å². The summed E-state index contributed by atoms with van der Waals surface area (Å²) in [5, 5.41) is 2.87. The maximum atomic E-state index is 12.0. The average molecular weight is 340 g/mol. The Hall–Kier alpha value is -2.82. The highest BCUT2D eigenvalue weighted by atomic mass is 16.5. The second-order valence-electron chi connectivity index (χ2n) is 5.68. The SMILES string of the molecule is COc1ccccc1N(CCNC(=O)CCc1ccccc1)C(C)=O. The summed E-state index contributed by atoms with van der Waals surface area (Å²) in [4.78, 5) is 25.6. The third kappa shape index (κ3) is 5.64. The molecule has 0 heterocycles. The minimum absolute atomic E-state index is 0.0209. The highest BCUT2D eigenvalue weighted by Crippen LogP contribution is 2.27. The predicted octanol–water partition coefficient (Wildman–Crippen LogP) is 2.80. The Balaban J connectivity index is 1.85. The molecule has 0 spiro atoms. The maximum absolute atomic E-state index is 12.0. The van der Waals surface area contributed by atoms with E-state index < -0.39 is 0 Å². The number of aryl methyl sites for hydroxylation is 1. The fraction of sp³-hybridized carbons (Fsp3) is 0.300. The number of hydrogen-bond donors (Lipinski definition) is 1. The van der Waals surface area contributed by atoms with Crippen molar-refractivity contribution in [3.63, 3.8) is 0 Å². The zero-order valence-electron chi connectivity index (χ0n) is 14.7. The van der Waals surface area contributed by atoms with E-state index in [4.69, 9.17) is 4.74 Å². The topological polar surface area (TPSA) is 58.6 Å². The summed E-state index contributed by atoms with van der Waals surface area (Å²) in [5.41, 5.74) is 1.84. The van der Waals surface area contributed by atoms with Crippen LogP contribution in [-0.4, -0.2) is 32.0 Å². The van der Waals surface area contributed by atoms with Crippen LogP contribution in [0.3, 0.4) is 0 Å². The molecule has 0 unspecified atom stereocenters. The summed E-state index contributed by atoms with van der Waals surface area (Å²) in [6.45, 7) is 2.29. The minimum atomic E-state index is -0.0944. The molecule has 0 aliphatic heterocycles. The molecule has 0 aliphatic rings. The number of carbonyl (C=O) groups excluding carboxylic acids is 2. The predicted molar refractivity (Wildman–Crippen MR) is 98.8 cm³/mol. The molecular weight excluding hydrogens is 316 g/mol. The van der Waals surface area contributed by atoms with Crippen molar-refractivity contribution in [1.82, 2.24) is 5.32 Å². The van der Waals surface area contributed by atoms with Crippen LogP contribution in [0.2, 0.25) is 0 Å². The monoisotopic (exact) mass is 340 g/mol. The van der Waals surface area contributed by atoms with Crippen molar-refractivity contribution in [3.8, 4) is 5.75 Å². The van der Waals surface area contributed by atoms with E-state index >= 15 is 0 Å². The van der Waals surface area contributed by atoms with Gasteiger partial charge in [-0.05, 0) is 24.1 Å². The molecule has 5 heteroatoms. The van der Waals surface area contributed by atoms with Crippen molar-refractivity contribution in [2.45, 2.75) is 19.8 Å². The largest absolute Gasteiger partial charge is 0.495 e. The number of hydrogen-bond acceptors (Lipinski definition) is 3. The van der Waals surface area contributed by atoms with Crippen molar-refractivity contribution in [2.75, 3.05) is 25.1 Å². The number of anilines is 1. The van der Waals surface area contributed by atoms with E-state index in [-0.39, 0.29) is 11.8 Å². The zero-order valence-corrected chi connectivity index (χ0v) is 14.7. The number of benzene rings is 2. The highest BCUT2D eigenvalue weighted by molar-refractivity contribution is 5.93. The van der Waals surface area contributed by atoms with E-state index in [2.05, 4.69) is 5.32 Å². The molecule has 2 aromatic rings. The van der Waals surface area contributed by atoms with Crippen LogP contribution in [0.4, 0.5) is 5.69 Å². The zero-order chi connectivity index (χ0) is 18.1. The van der Waals surface area contributed by atoms with Crippen LogP contribution in [0.15, 0.2) is 54.6 Å². The van der Waals surface area contributed by atoms with Crippen molar-refractivity contribution < 1.29 is 14.3 Å². The second kappa shape index (κ2) is 9.47. The number of amides is 2. The molecule has 1 N–H and O–H groups in total. The van der Waals surface area contributed by atoms with Gasteiger partial charge in [0.1, 0.15) is 5.75 Å². The fourth-order valence-electron chi connectivity index (χ4n) is 2.60. The van der Waals surface area contributed by atoms with E-state index in [1.165, 1.54) is 6.92 Å². The van der Waals surface area contributed by atoms with Crippen LogP contribution in [0.1, 0.15) is 18.9 Å². The molecule has 0 atom stereocenters. The summed E-state index contributed by atoms with van der Waals surface area (Å²) < 4.78 is 5.31. The van der Waals surface area contributed by atoms with Crippen LogP contribution in [0.5, 0.6) is 5.75 Å². The van der Waals surface area contributed by atoms with Crippen molar-refractivity contribution in [3.05, 3.63) is 60.2 Å². The van der Waals surface area contributed by atoms with Crippen molar-refractivity contribution in [1.29, 1.82) is 0 Å². The molecule has 2 amide bonds. The van der Waals surface area contributed by atoms with Gasteiger partial charge in [-0.2, -0.15) is 0 Å². The minimum Gasteiger partial charge on any atom is -0.495 e. The molecule has 0 aliphatic carbocycles. The molecule has 2 rings (SSSR count). The summed E-state index contributed by atoms with van der Waals surface area (Å²) in [7, 11) is 1.57. The van der Waals surface area contributed by atoms with Gasteiger partial charge in [-0.25, -0.2) is 0 Å². The van der Waals surface area contributed by atoms with Crippen LogP contribution < -0.4 is 15.0 Å². The van der Waals surface area contributed by atoms with Gasteiger partial charge in [-0.15, -0.1) is 0 Å². The van der Waals surface area contributed by atoms with Crippen molar-refractivity contribution >= 4 is 17.5 Å². The van der Waals surface area contributed by atoms with Gasteiger partial charge in [0.2, 0.25) is 11.8 Å². The highest BCUT2D eigenvalue weighted by Gasteiger charge is 2.15. The van der Waals surface area contributed by atoms with E-state index in [1.54, 1.807) is 12.0 Å². The first-order valence-corrected chi connectivity index (χ1v) is 8.33. The van der Waals surface area contributed by atoms with Gasteiger partial charge in [0.15, 0.2) is 0 Å². The molecule has 0 bridgehead atoms. The normalized spacial score (nSPS) is 10.2. The Morgan fingerprint density at radius 2 is 1.72 bits per heavy atom. The maximum Gasteiger partial charge on any atom is 0.224 e. The lowest BCUT2D eigenvalue weighted by atomic mass is 10.1. The lowest BCUT2D eigenvalue weighted by Crippen LogP contribution is -2.37. The number of nitrogens with one attached hydrogen (secondary N) is 1. The molecule has 0 radical (unpaired) electrons. The van der Waals surface area contributed by atoms with E-state index in [1.807, 2.05) is 54.6 Å². The Bertz CT molecular complexity index is 701. The summed E-state index contributed by atoms with van der Waals surface area (Å²) in [6.07, 6.45) is 1.13. The number of nitrogens with zero attached hydrogens (tertiary/aromatic N) is 1. The lowest BCUT2D eigenvalue weighted by Gasteiger charge is -2.23. The quantitative estimate of drug-likeness (QED) is 0.804. The standard InChI is InChI=1S/C20H24N2O3/c1-16(23)22(18-10-6-7-11-19(18)25-2)15-14-21-20(24)13-12-17-8-4-3-5-9-17/h3-11H,12-15H2,1-2H3,(H,21,24). The Kier molecular flexibility index (Phi) is 7.01. The van der Waals surface area contributed by atoms with Gasteiger partial charge in [0, 0.05) is 26.4 Å².